The van der Waals surface area contributed by atoms with E-state index in [2.05, 4.69) is 25.4 Å². The summed E-state index contributed by atoms with van der Waals surface area (Å²) in [5.74, 6) is 1.21. The molecule has 162 valence electrons. The van der Waals surface area contributed by atoms with Crippen LogP contribution in [-0.2, 0) is 9.53 Å². The van der Waals surface area contributed by atoms with Gasteiger partial charge in [-0.2, -0.15) is 0 Å². The van der Waals surface area contributed by atoms with Crippen molar-refractivity contribution in [3.8, 4) is 0 Å². The maximum Gasteiger partial charge on any atom is 0.234 e. The number of likely N-dealkylation sites (tertiary alicyclic amines) is 1. The van der Waals surface area contributed by atoms with E-state index < -0.39 is 0 Å². The highest BCUT2D eigenvalue weighted by molar-refractivity contribution is 5.78. The van der Waals surface area contributed by atoms with Crippen LogP contribution in [0, 0.1) is 5.92 Å². The Balaban J connectivity index is 1.54. The summed E-state index contributed by atoms with van der Waals surface area (Å²) in [6.45, 7) is 14.9. The molecule has 8 heteroatoms. The maximum atomic E-state index is 12.0. The topological polar surface area (TPSA) is 95.2 Å². The zero-order valence-corrected chi connectivity index (χ0v) is 18.0. The third-order valence-corrected chi connectivity index (χ3v) is 5.17. The third kappa shape index (κ3) is 9.71. The molecule has 0 aromatic rings. The summed E-state index contributed by atoms with van der Waals surface area (Å²) in [5, 5.41) is 6.25. The molecule has 0 saturated carbocycles. The molecule has 0 aliphatic carbocycles. The van der Waals surface area contributed by atoms with Crippen molar-refractivity contribution < 1.29 is 9.53 Å². The van der Waals surface area contributed by atoms with Crippen LogP contribution in [0.5, 0.6) is 0 Å². The van der Waals surface area contributed by atoms with Gasteiger partial charge in [0.15, 0.2) is 5.96 Å². The second-order valence-electron chi connectivity index (χ2n) is 8.98. The first-order valence-electron chi connectivity index (χ1n) is 10.7. The van der Waals surface area contributed by atoms with Gasteiger partial charge in [-0.3, -0.25) is 19.6 Å². The Bertz CT molecular complexity index is 491. The number of ether oxygens (including phenoxy) is 1. The van der Waals surface area contributed by atoms with E-state index in [1.54, 1.807) is 0 Å². The molecule has 28 heavy (non-hydrogen) atoms. The molecule has 8 nitrogen and oxygen atoms in total. The lowest BCUT2D eigenvalue weighted by Crippen LogP contribution is -2.47. The molecule has 0 unspecified atom stereocenters. The summed E-state index contributed by atoms with van der Waals surface area (Å²) in [7, 11) is 0. The molecule has 2 aliphatic heterocycles. The fraction of sp³-hybridized carbons (Fsp3) is 0.900. The first kappa shape index (κ1) is 22.9. The summed E-state index contributed by atoms with van der Waals surface area (Å²) in [4.78, 5) is 21.2. The van der Waals surface area contributed by atoms with Crippen molar-refractivity contribution in [3.63, 3.8) is 0 Å². The largest absolute Gasteiger partial charge is 0.379 e. The van der Waals surface area contributed by atoms with E-state index in [0.29, 0.717) is 18.4 Å². The molecule has 2 fully saturated rings. The van der Waals surface area contributed by atoms with Crippen molar-refractivity contribution >= 4 is 11.9 Å². The van der Waals surface area contributed by atoms with Crippen LogP contribution < -0.4 is 16.4 Å². The Labute approximate surface area is 170 Å². The number of hydrogen-bond acceptors (Lipinski definition) is 5. The number of nitrogens with one attached hydrogen (secondary N) is 2. The molecule has 0 radical (unpaired) electrons. The third-order valence-electron chi connectivity index (χ3n) is 5.17. The number of nitrogens with two attached hydrogens (primary N) is 1. The van der Waals surface area contributed by atoms with Gasteiger partial charge in [0.1, 0.15) is 0 Å². The van der Waals surface area contributed by atoms with E-state index in [1.165, 1.54) is 0 Å². The van der Waals surface area contributed by atoms with E-state index in [-0.39, 0.29) is 11.4 Å². The average Bonchev–Trinajstić information content (AvgIpc) is 2.64. The summed E-state index contributed by atoms with van der Waals surface area (Å²) in [5.41, 5.74) is 5.83. The predicted molar refractivity (Wildman–Crippen MR) is 113 cm³/mol. The molecule has 1 amide bonds. The number of carbonyl (C=O) groups excluding carboxylic acids is 1. The monoisotopic (exact) mass is 396 g/mol. The van der Waals surface area contributed by atoms with Gasteiger partial charge < -0.3 is 21.1 Å². The number of morpholine rings is 1. The normalized spacial score (nSPS) is 20.9. The van der Waals surface area contributed by atoms with Crippen molar-refractivity contribution in [3.05, 3.63) is 0 Å². The summed E-state index contributed by atoms with van der Waals surface area (Å²) in [6, 6.07) is 0. The van der Waals surface area contributed by atoms with Crippen LogP contribution in [0.4, 0.5) is 0 Å². The minimum atomic E-state index is -0.170. The first-order valence-corrected chi connectivity index (χ1v) is 10.7. The van der Waals surface area contributed by atoms with Crippen molar-refractivity contribution in [1.29, 1.82) is 0 Å². The molecule has 0 aromatic heterocycles. The molecular weight excluding hydrogens is 356 g/mol. The highest BCUT2D eigenvalue weighted by Gasteiger charge is 2.22. The minimum Gasteiger partial charge on any atom is -0.379 e. The Morgan fingerprint density at radius 1 is 1.14 bits per heavy atom. The molecule has 4 N–H and O–H groups in total. The van der Waals surface area contributed by atoms with Crippen molar-refractivity contribution in [2.45, 2.75) is 45.6 Å². The van der Waals surface area contributed by atoms with Crippen molar-refractivity contribution in [1.82, 2.24) is 20.4 Å². The molecular formula is C20H40N6O2. The number of rotatable bonds is 8. The SMILES string of the molecule is CC(C)(C)NC(=O)CN1CCC(CN=C(N)NCCCN2CCOCC2)CC1. The van der Waals surface area contributed by atoms with Crippen LogP contribution in [0.2, 0.25) is 0 Å². The molecule has 0 atom stereocenters. The van der Waals surface area contributed by atoms with E-state index in [4.69, 9.17) is 10.5 Å². The quantitative estimate of drug-likeness (QED) is 0.309. The van der Waals surface area contributed by atoms with Crippen LogP contribution in [0.25, 0.3) is 0 Å². The van der Waals surface area contributed by atoms with Gasteiger partial charge in [0.2, 0.25) is 5.91 Å². The summed E-state index contributed by atoms with van der Waals surface area (Å²) >= 11 is 0. The Kier molecular flexibility index (Phi) is 9.47. The number of guanidine groups is 1. The Hall–Kier alpha value is -1.38. The Morgan fingerprint density at radius 2 is 1.82 bits per heavy atom. The molecule has 2 aliphatic rings. The number of carbonyl (C=O) groups is 1. The summed E-state index contributed by atoms with van der Waals surface area (Å²) in [6.07, 6.45) is 3.19. The van der Waals surface area contributed by atoms with Gasteiger partial charge in [0.25, 0.3) is 0 Å². The average molecular weight is 397 g/mol. The number of hydrogen-bond donors (Lipinski definition) is 3. The van der Waals surface area contributed by atoms with Crippen LogP contribution in [0.1, 0.15) is 40.0 Å². The predicted octanol–water partition coefficient (Wildman–Crippen LogP) is 0.240. The highest BCUT2D eigenvalue weighted by atomic mass is 16.5. The standard InChI is InChI=1S/C20H40N6O2/c1-20(2,3)24-18(27)16-26-9-5-17(6-10-26)15-23-19(21)22-7-4-8-25-11-13-28-14-12-25/h17H,4-16H2,1-3H3,(H,24,27)(H3,21,22,23). The summed E-state index contributed by atoms with van der Waals surface area (Å²) < 4.78 is 5.36. The van der Waals surface area contributed by atoms with Gasteiger partial charge in [-0.05, 0) is 65.6 Å². The van der Waals surface area contributed by atoms with Crippen LogP contribution in [-0.4, -0.2) is 92.8 Å². The zero-order valence-electron chi connectivity index (χ0n) is 18.0. The minimum absolute atomic E-state index is 0.106. The Morgan fingerprint density at radius 3 is 2.46 bits per heavy atom. The second kappa shape index (κ2) is 11.6. The van der Waals surface area contributed by atoms with Gasteiger partial charge in [0, 0.05) is 31.7 Å². The van der Waals surface area contributed by atoms with Gasteiger partial charge in [-0.25, -0.2) is 0 Å². The maximum absolute atomic E-state index is 12.0. The lowest BCUT2D eigenvalue weighted by atomic mass is 9.97. The van der Waals surface area contributed by atoms with Crippen LogP contribution >= 0.6 is 0 Å². The van der Waals surface area contributed by atoms with E-state index in [1.807, 2.05) is 20.8 Å². The number of piperidine rings is 1. The van der Waals surface area contributed by atoms with Crippen molar-refractivity contribution in [2.75, 3.05) is 65.6 Å². The molecule has 0 bridgehead atoms. The second-order valence-corrected chi connectivity index (χ2v) is 8.98. The zero-order chi connectivity index (χ0) is 20.4. The van der Waals surface area contributed by atoms with E-state index >= 15 is 0 Å². The lowest BCUT2D eigenvalue weighted by molar-refractivity contribution is -0.124. The fourth-order valence-electron chi connectivity index (χ4n) is 3.62. The number of aliphatic imine (C=N–C) groups is 1. The molecule has 0 spiro atoms. The first-order chi connectivity index (χ1) is 13.3. The lowest BCUT2D eigenvalue weighted by Gasteiger charge is -2.31. The molecule has 2 saturated heterocycles. The highest BCUT2D eigenvalue weighted by Crippen LogP contribution is 2.17. The van der Waals surface area contributed by atoms with E-state index in [0.717, 1.165) is 78.3 Å². The van der Waals surface area contributed by atoms with Gasteiger partial charge in [0.05, 0.1) is 19.8 Å². The number of amides is 1. The van der Waals surface area contributed by atoms with Gasteiger partial charge >= 0.3 is 0 Å². The molecule has 2 heterocycles. The van der Waals surface area contributed by atoms with E-state index in [9.17, 15) is 4.79 Å². The van der Waals surface area contributed by atoms with Gasteiger partial charge in [-0.15, -0.1) is 0 Å². The van der Waals surface area contributed by atoms with Crippen LogP contribution in [0.15, 0.2) is 4.99 Å². The van der Waals surface area contributed by atoms with Gasteiger partial charge in [-0.1, -0.05) is 0 Å². The smallest absolute Gasteiger partial charge is 0.234 e. The number of nitrogens with zero attached hydrogens (tertiary/aromatic N) is 3. The molecule has 2 rings (SSSR count). The van der Waals surface area contributed by atoms with Crippen molar-refractivity contribution in [2.24, 2.45) is 16.6 Å². The molecule has 0 aromatic carbocycles. The van der Waals surface area contributed by atoms with Crippen LogP contribution in [0.3, 0.4) is 0 Å². The fourth-order valence-corrected chi connectivity index (χ4v) is 3.62.